The first-order chi connectivity index (χ1) is 13.6. The summed E-state index contributed by atoms with van der Waals surface area (Å²) in [6.07, 6.45) is 6.09. The molecule has 5 nitrogen and oxygen atoms in total. The summed E-state index contributed by atoms with van der Waals surface area (Å²) in [6.45, 7) is 6.88. The van der Waals surface area contributed by atoms with Gasteiger partial charge in [0.15, 0.2) is 0 Å². The van der Waals surface area contributed by atoms with Gasteiger partial charge in [0, 0.05) is 11.0 Å². The number of esters is 1. The molecule has 0 fully saturated rings. The maximum Gasteiger partial charge on any atom is 0.341 e. The van der Waals surface area contributed by atoms with E-state index in [0.29, 0.717) is 23.8 Å². The highest BCUT2D eigenvalue weighted by Crippen LogP contribution is 2.29. The summed E-state index contributed by atoms with van der Waals surface area (Å²) in [5.74, 6) is 0.106. The van der Waals surface area contributed by atoms with Crippen LogP contribution in [-0.4, -0.2) is 25.1 Å². The molecule has 150 valence electrons. The molecule has 0 bridgehead atoms. The second-order valence-corrected chi connectivity index (χ2v) is 7.26. The number of benzene rings is 1. The van der Waals surface area contributed by atoms with Crippen molar-refractivity contribution in [2.24, 2.45) is 0 Å². The van der Waals surface area contributed by atoms with E-state index in [-0.39, 0.29) is 5.91 Å². The Morgan fingerprint density at radius 2 is 1.89 bits per heavy atom. The van der Waals surface area contributed by atoms with Gasteiger partial charge in [0.1, 0.15) is 10.8 Å². The monoisotopic (exact) mass is 401 g/mol. The molecule has 0 unspecified atom stereocenters. The number of unbranched alkanes of at least 4 members (excludes halogenated alkanes) is 1. The van der Waals surface area contributed by atoms with Gasteiger partial charge < -0.3 is 14.8 Å². The number of amides is 1. The van der Waals surface area contributed by atoms with Gasteiger partial charge in [-0.2, -0.15) is 0 Å². The molecule has 0 aliphatic rings. The normalized spacial score (nSPS) is 10.8. The fraction of sp³-hybridized carbons (Fsp3) is 0.364. The third kappa shape index (κ3) is 6.53. The third-order valence-electron chi connectivity index (χ3n) is 3.94. The first-order valence-corrected chi connectivity index (χ1v) is 10.4. The summed E-state index contributed by atoms with van der Waals surface area (Å²) >= 11 is 1.39. The van der Waals surface area contributed by atoms with Crippen LogP contribution in [0.15, 0.2) is 36.4 Å². The summed E-state index contributed by atoms with van der Waals surface area (Å²) in [6, 6.07) is 9.35. The van der Waals surface area contributed by atoms with E-state index < -0.39 is 5.97 Å². The Balaban J connectivity index is 1.99. The molecule has 1 N–H and O–H groups in total. The zero-order valence-corrected chi connectivity index (χ0v) is 17.4. The van der Waals surface area contributed by atoms with Crippen LogP contribution in [0.25, 0.3) is 6.08 Å². The quantitative estimate of drug-likeness (QED) is 0.332. The Bertz CT molecular complexity index is 808. The van der Waals surface area contributed by atoms with Crippen molar-refractivity contribution in [2.45, 2.75) is 40.0 Å². The molecule has 0 radical (unpaired) electrons. The van der Waals surface area contributed by atoms with Gasteiger partial charge in [-0.15, -0.1) is 11.3 Å². The standard InChI is InChI=1S/C22H27NO4S/c1-4-7-14-27-17-11-8-16(9-12-17)10-13-20(24)23-21-19(22(25)26-6-3)15-18(5-2)28-21/h8-13,15H,4-7,14H2,1-3H3,(H,23,24). The molecule has 1 amide bonds. The van der Waals surface area contributed by atoms with Crippen LogP contribution in [0.5, 0.6) is 5.75 Å². The Hall–Kier alpha value is -2.60. The molecule has 1 heterocycles. The molecule has 1 aromatic carbocycles. The van der Waals surface area contributed by atoms with Crippen molar-refractivity contribution in [3.05, 3.63) is 52.4 Å². The first-order valence-electron chi connectivity index (χ1n) is 9.59. The minimum Gasteiger partial charge on any atom is -0.494 e. The largest absolute Gasteiger partial charge is 0.494 e. The van der Waals surface area contributed by atoms with Crippen LogP contribution in [-0.2, 0) is 16.0 Å². The maximum atomic E-state index is 12.3. The van der Waals surface area contributed by atoms with Crippen LogP contribution in [0.3, 0.4) is 0 Å². The molecule has 28 heavy (non-hydrogen) atoms. The fourth-order valence-corrected chi connectivity index (χ4v) is 3.39. The van der Waals surface area contributed by atoms with E-state index >= 15 is 0 Å². The summed E-state index contributed by atoms with van der Waals surface area (Å²) in [7, 11) is 0. The lowest BCUT2D eigenvalue weighted by Crippen LogP contribution is -2.11. The van der Waals surface area contributed by atoms with Gasteiger partial charge in [-0.25, -0.2) is 4.79 Å². The van der Waals surface area contributed by atoms with Crippen molar-refractivity contribution in [1.29, 1.82) is 0 Å². The van der Waals surface area contributed by atoms with Crippen LogP contribution in [0.4, 0.5) is 5.00 Å². The van der Waals surface area contributed by atoms with Crippen LogP contribution >= 0.6 is 11.3 Å². The van der Waals surface area contributed by atoms with Crippen molar-refractivity contribution >= 4 is 34.3 Å². The number of thiophene rings is 1. The van der Waals surface area contributed by atoms with Gasteiger partial charge in [0.05, 0.1) is 18.8 Å². The van der Waals surface area contributed by atoms with E-state index in [1.54, 1.807) is 19.1 Å². The topological polar surface area (TPSA) is 64.6 Å². The van der Waals surface area contributed by atoms with Crippen LogP contribution in [0, 0.1) is 0 Å². The van der Waals surface area contributed by atoms with Crippen LogP contribution in [0.2, 0.25) is 0 Å². The summed E-state index contributed by atoms with van der Waals surface area (Å²) in [5, 5.41) is 3.31. The zero-order chi connectivity index (χ0) is 20.4. The lowest BCUT2D eigenvalue weighted by Gasteiger charge is -2.05. The molecule has 0 spiro atoms. The highest BCUT2D eigenvalue weighted by molar-refractivity contribution is 7.16. The second kappa shape index (κ2) is 11.3. The van der Waals surface area contributed by atoms with Crippen molar-refractivity contribution in [2.75, 3.05) is 18.5 Å². The van der Waals surface area contributed by atoms with Gasteiger partial charge >= 0.3 is 5.97 Å². The molecular formula is C22H27NO4S. The van der Waals surface area contributed by atoms with Crippen LogP contribution in [0.1, 0.15) is 54.4 Å². The third-order valence-corrected chi connectivity index (χ3v) is 5.13. The van der Waals surface area contributed by atoms with Crippen molar-refractivity contribution in [3.8, 4) is 5.75 Å². The van der Waals surface area contributed by atoms with E-state index in [9.17, 15) is 9.59 Å². The van der Waals surface area contributed by atoms with Gasteiger partial charge in [-0.05, 0) is 49.6 Å². The smallest absolute Gasteiger partial charge is 0.341 e. The summed E-state index contributed by atoms with van der Waals surface area (Å²) in [4.78, 5) is 25.4. The lowest BCUT2D eigenvalue weighted by atomic mass is 10.2. The minimum atomic E-state index is -0.420. The SMILES string of the molecule is CCCCOc1ccc(C=CC(=O)Nc2sc(CC)cc2C(=O)OCC)cc1. The molecule has 0 aliphatic carbocycles. The Kier molecular flexibility index (Phi) is 8.75. The molecule has 2 aromatic rings. The maximum absolute atomic E-state index is 12.3. The molecule has 0 atom stereocenters. The molecule has 1 aromatic heterocycles. The van der Waals surface area contributed by atoms with Crippen LogP contribution < -0.4 is 10.1 Å². The van der Waals surface area contributed by atoms with E-state index in [4.69, 9.17) is 9.47 Å². The Labute approximate surface area is 170 Å². The number of rotatable bonds is 10. The molecule has 0 saturated carbocycles. The number of aryl methyl sites for hydroxylation is 1. The number of carbonyl (C=O) groups is 2. The number of ether oxygens (including phenoxy) is 2. The van der Waals surface area contributed by atoms with Gasteiger partial charge in [-0.1, -0.05) is 32.4 Å². The summed E-state index contributed by atoms with van der Waals surface area (Å²) < 4.78 is 10.7. The van der Waals surface area contributed by atoms with E-state index in [2.05, 4.69) is 12.2 Å². The van der Waals surface area contributed by atoms with E-state index in [1.165, 1.54) is 17.4 Å². The van der Waals surface area contributed by atoms with Gasteiger partial charge in [0.2, 0.25) is 5.91 Å². The average Bonchev–Trinajstić information content (AvgIpc) is 3.11. The molecule has 0 aliphatic heterocycles. The number of hydrogen-bond donors (Lipinski definition) is 1. The molecule has 6 heteroatoms. The number of hydrogen-bond acceptors (Lipinski definition) is 5. The van der Waals surface area contributed by atoms with Crippen molar-refractivity contribution in [3.63, 3.8) is 0 Å². The van der Waals surface area contributed by atoms with E-state index in [1.807, 2.05) is 31.2 Å². The minimum absolute atomic E-state index is 0.293. The fourth-order valence-electron chi connectivity index (χ4n) is 2.40. The molecular weight excluding hydrogens is 374 g/mol. The Morgan fingerprint density at radius 3 is 2.54 bits per heavy atom. The van der Waals surface area contributed by atoms with Gasteiger partial charge in [-0.3, -0.25) is 4.79 Å². The van der Waals surface area contributed by atoms with Gasteiger partial charge in [0.25, 0.3) is 0 Å². The molecule has 2 rings (SSSR count). The van der Waals surface area contributed by atoms with Crippen molar-refractivity contribution < 1.29 is 19.1 Å². The summed E-state index contributed by atoms with van der Waals surface area (Å²) in [5.41, 5.74) is 1.29. The molecule has 0 saturated heterocycles. The van der Waals surface area contributed by atoms with Crippen molar-refractivity contribution in [1.82, 2.24) is 0 Å². The highest BCUT2D eigenvalue weighted by atomic mass is 32.1. The number of nitrogens with one attached hydrogen (secondary N) is 1. The average molecular weight is 402 g/mol. The lowest BCUT2D eigenvalue weighted by molar-refractivity contribution is -0.111. The Morgan fingerprint density at radius 1 is 1.14 bits per heavy atom. The number of carbonyl (C=O) groups excluding carboxylic acids is 2. The second-order valence-electron chi connectivity index (χ2n) is 6.12. The van der Waals surface area contributed by atoms with E-state index in [0.717, 1.165) is 35.5 Å². The predicted octanol–water partition coefficient (Wildman–Crippen LogP) is 5.32. The predicted molar refractivity (Wildman–Crippen MR) is 114 cm³/mol. The number of anilines is 1. The first kappa shape index (κ1) is 21.7. The zero-order valence-electron chi connectivity index (χ0n) is 16.6. The highest BCUT2D eigenvalue weighted by Gasteiger charge is 2.17.